The third-order valence-corrected chi connectivity index (χ3v) is 6.16. The van der Waals surface area contributed by atoms with Crippen molar-refractivity contribution in [3.05, 3.63) is 81.7 Å². The smallest absolute Gasteiger partial charge is 0.131 e. The molecular weight excluding hydrogens is 386 g/mol. The summed E-state index contributed by atoms with van der Waals surface area (Å²) in [6.07, 6.45) is 3.32. The molecule has 0 aliphatic rings. The predicted molar refractivity (Wildman–Crippen MR) is 115 cm³/mol. The fourth-order valence-electron chi connectivity index (χ4n) is 2.50. The zero-order valence-corrected chi connectivity index (χ0v) is 16.5. The second-order valence-electron chi connectivity index (χ2n) is 5.89. The molecule has 2 aromatic heterocycles. The van der Waals surface area contributed by atoms with Gasteiger partial charge in [0.2, 0.25) is 0 Å². The zero-order chi connectivity index (χ0) is 19.9. The SMILES string of the molecule is N#CC(C#N)=Cc1ccc(-c2ccc(/C(N)=C/N(N)Cc3ccccc3)s2)s1. The van der Waals surface area contributed by atoms with Crippen LogP contribution in [0.3, 0.4) is 0 Å². The Morgan fingerprint density at radius 2 is 1.64 bits per heavy atom. The molecule has 0 radical (unpaired) electrons. The van der Waals surface area contributed by atoms with Crippen LogP contribution in [0.15, 0.2) is 66.4 Å². The molecule has 0 aliphatic carbocycles. The fourth-order valence-corrected chi connectivity index (χ4v) is 4.47. The third kappa shape index (κ3) is 4.87. The van der Waals surface area contributed by atoms with Crippen molar-refractivity contribution in [1.29, 1.82) is 10.5 Å². The minimum absolute atomic E-state index is 0.0916. The van der Waals surface area contributed by atoms with Crippen molar-refractivity contribution in [3.63, 3.8) is 0 Å². The lowest BCUT2D eigenvalue weighted by Crippen LogP contribution is -2.25. The molecule has 4 N–H and O–H groups in total. The molecule has 0 unspecified atom stereocenters. The van der Waals surface area contributed by atoms with Crippen molar-refractivity contribution in [1.82, 2.24) is 5.01 Å². The molecule has 0 saturated carbocycles. The maximum absolute atomic E-state index is 8.87. The minimum Gasteiger partial charge on any atom is -0.396 e. The van der Waals surface area contributed by atoms with E-state index in [2.05, 4.69) is 0 Å². The monoisotopic (exact) mass is 403 g/mol. The molecular formula is C21H17N5S2. The Morgan fingerprint density at radius 1 is 0.964 bits per heavy atom. The van der Waals surface area contributed by atoms with E-state index in [4.69, 9.17) is 22.1 Å². The van der Waals surface area contributed by atoms with E-state index < -0.39 is 0 Å². The van der Waals surface area contributed by atoms with Gasteiger partial charge in [-0.3, -0.25) is 0 Å². The lowest BCUT2D eigenvalue weighted by molar-refractivity contribution is 0.388. The Bertz CT molecular complexity index is 1080. The quantitative estimate of drug-likeness (QED) is 0.357. The van der Waals surface area contributed by atoms with Crippen LogP contribution in [0.1, 0.15) is 15.3 Å². The molecule has 5 nitrogen and oxygen atoms in total. The summed E-state index contributed by atoms with van der Waals surface area (Å²) in [7, 11) is 0. The van der Waals surface area contributed by atoms with Crippen LogP contribution in [-0.2, 0) is 6.54 Å². The minimum atomic E-state index is 0.0916. The van der Waals surface area contributed by atoms with Crippen molar-refractivity contribution in [2.75, 3.05) is 0 Å². The molecule has 138 valence electrons. The Kier molecular flexibility index (Phi) is 6.25. The van der Waals surface area contributed by atoms with Crippen LogP contribution in [0.2, 0.25) is 0 Å². The van der Waals surface area contributed by atoms with Crippen molar-refractivity contribution in [2.24, 2.45) is 11.6 Å². The van der Waals surface area contributed by atoms with Gasteiger partial charge in [-0.05, 0) is 35.9 Å². The van der Waals surface area contributed by atoms with Gasteiger partial charge in [0.1, 0.15) is 17.7 Å². The maximum Gasteiger partial charge on any atom is 0.131 e. The summed E-state index contributed by atoms with van der Waals surface area (Å²) in [6, 6.07) is 21.5. The summed E-state index contributed by atoms with van der Waals surface area (Å²) in [5, 5.41) is 19.3. The van der Waals surface area contributed by atoms with Gasteiger partial charge in [0.05, 0.1) is 17.1 Å². The van der Waals surface area contributed by atoms with E-state index in [0.29, 0.717) is 12.2 Å². The van der Waals surface area contributed by atoms with E-state index in [9.17, 15) is 0 Å². The fraction of sp³-hybridized carbons (Fsp3) is 0.0476. The summed E-state index contributed by atoms with van der Waals surface area (Å²) < 4.78 is 0. The molecule has 28 heavy (non-hydrogen) atoms. The van der Waals surface area contributed by atoms with E-state index in [1.807, 2.05) is 66.7 Å². The summed E-state index contributed by atoms with van der Waals surface area (Å²) >= 11 is 3.09. The molecule has 2 heterocycles. The van der Waals surface area contributed by atoms with Crippen molar-refractivity contribution in [3.8, 4) is 21.9 Å². The summed E-state index contributed by atoms with van der Waals surface area (Å²) in [6.45, 7) is 0.570. The first kappa shape index (κ1) is 19.4. The number of benzene rings is 1. The highest BCUT2D eigenvalue weighted by Crippen LogP contribution is 2.35. The molecule has 1 aromatic carbocycles. The van der Waals surface area contributed by atoms with E-state index in [-0.39, 0.29) is 5.57 Å². The molecule has 0 saturated heterocycles. The number of allylic oxidation sites excluding steroid dienone is 1. The first-order valence-corrected chi connectivity index (χ1v) is 9.97. The molecule has 7 heteroatoms. The van der Waals surface area contributed by atoms with Crippen molar-refractivity contribution >= 4 is 34.4 Å². The average Bonchev–Trinajstić information content (AvgIpc) is 3.36. The number of rotatable bonds is 6. The first-order valence-electron chi connectivity index (χ1n) is 8.34. The van der Waals surface area contributed by atoms with Gasteiger partial charge >= 0.3 is 0 Å². The average molecular weight is 404 g/mol. The topological polar surface area (TPSA) is 103 Å². The Morgan fingerprint density at radius 3 is 2.36 bits per heavy atom. The summed E-state index contributed by atoms with van der Waals surface area (Å²) in [5.41, 5.74) is 8.02. The highest BCUT2D eigenvalue weighted by molar-refractivity contribution is 7.23. The number of hydrogen-bond donors (Lipinski definition) is 2. The Labute approximate surface area is 171 Å². The highest BCUT2D eigenvalue weighted by Gasteiger charge is 2.09. The standard InChI is InChI=1S/C21H17N5S2/c22-11-16(12-23)10-17-6-7-20(27-17)21-9-8-19(28-21)18(24)14-26(25)13-15-4-2-1-3-5-15/h1-10,14H,13,24-25H2/b18-14-. The molecule has 3 rings (SSSR count). The van der Waals surface area contributed by atoms with Gasteiger partial charge < -0.3 is 10.7 Å². The Hall–Kier alpha value is -3.36. The zero-order valence-electron chi connectivity index (χ0n) is 14.9. The van der Waals surface area contributed by atoms with Gasteiger partial charge in [0.15, 0.2) is 0 Å². The maximum atomic E-state index is 8.87. The van der Waals surface area contributed by atoms with E-state index >= 15 is 0 Å². The lowest BCUT2D eigenvalue weighted by atomic mass is 10.2. The van der Waals surface area contributed by atoms with Gasteiger partial charge in [0.25, 0.3) is 0 Å². The van der Waals surface area contributed by atoms with Gasteiger partial charge in [0, 0.05) is 20.8 Å². The van der Waals surface area contributed by atoms with Crippen LogP contribution in [0.25, 0.3) is 21.5 Å². The highest BCUT2D eigenvalue weighted by atomic mass is 32.1. The third-order valence-electron chi connectivity index (χ3n) is 3.80. The normalized spacial score (nSPS) is 10.8. The van der Waals surface area contributed by atoms with Crippen LogP contribution in [0.4, 0.5) is 0 Å². The summed E-state index contributed by atoms with van der Waals surface area (Å²) in [5.74, 6) is 6.06. The molecule has 0 fully saturated rings. The number of nitrogens with two attached hydrogens (primary N) is 2. The predicted octanol–water partition coefficient (Wildman–Crippen LogP) is 4.54. The van der Waals surface area contributed by atoms with Crippen LogP contribution >= 0.6 is 22.7 Å². The molecule has 0 amide bonds. The molecule has 3 aromatic rings. The number of nitriles is 2. The molecule has 0 atom stereocenters. The first-order chi connectivity index (χ1) is 13.6. The van der Waals surface area contributed by atoms with Crippen LogP contribution in [0.5, 0.6) is 0 Å². The lowest BCUT2D eigenvalue weighted by Gasteiger charge is -2.14. The van der Waals surface area contributed by atoms with Crippen molar-refractivity contribution in [2.45, 2.75) is 6.54 Å². The van der Waals surface area contributed by atoms with Crippen LogP contribution in [0, 0.1) is 22.7 Å². The van der Waals surface area contributed by atoms with Gasteiger partial charge in [-0.15, -0.1) is 22.7 Å². The number of hydrazine groups is 1. The number of hydrogen-bond acceptors (Lipinski definition) is 7. The van der Waals surface area contributed by atoms with Crippen molar-refractivity contribution < 1.29 is 0 Å². The van der Waals surface area contributed by atoms with Gasteiger partial charge in [-0.2, -0.15) is 10.5 Å². The number of thiophene rings is 2. The summed E-state index contributed by atoms with van der Waals surface area (Å²) in [4.78, 5) is 3.92. The second-order valence-corrected chi connectivity index (χ2v) is 8.09. The van der Waals surface area contributed by atoms with Crippen LogP contribution in [-0.4, -0.2) is 5.01 Å². The van der Waals surface area contributed by atoms with Gasteiger partial charge in [-0.25, -0.2) is 5.84 Å². The molecule has 0 spiro atoms. The molecule has 0 aliphatic heterocycles. The van der Waals surface area contributed by atoms with E-state index in [0.717, 1.165) is 25.1 Å². The van der Waals surface area contributed by atoms with Crippen LogP contribution < -0.4 is 11.6 Å². The molecule has 0 bridgehead atoms. The van der Waals surface area contributed by atoms with E-state index in [1.54, 1.807) is 28.6 Å². The Balaban J connectivity index is 1.73. The largest absolute Gasteiger partial charge is 0.396 e. The van der Waals surface area contributed by atoms with E-state index in [1.165, 1.54) is 11.3 Å². The van der Waals surface area contributed by atoms with Gasteiger partial charge in [-0.1, -0.05) is 30.3 Å². The second kappa shape index (κ2) is 9.03. The number of nitrogens with zero attached hydrogens (tertiary/aromatic N) is 3.